The zero-order valence-corrected chi connectivity index (χ0v) is 17.7. The first-order chi connectivity index (χ1) is 15.8. The van der Waals surface area contributed by atoms with Gasteiger partial charge in [-0.15, -0.1) is 0 Å². The van der Waals surface area contributed by atoms with E-state index >= 15 is 0 Å². The van der Waals surface area contributed by atoms with Crippen molar-refractivity contribution in [3.05, 3.63) is 78.6 Å². The van der Waals surface area contributed by atoms with Crippen LogP contribution < -0.4 is 0 Å². The lowest BCUT2D eigenvalue weighted by Gasteiger charge is -2.17. The van der Waals surface area contributed by atoms with Gasteiger partial charge in [0.25, 0.3) is 0 Å². The molecule has 6 aromatic rings. The van der Waals surface area contributed by atoms with E-state index in [-0.39, 0.29) is 0 Å². The molecule has 4 heteroatoms. The summed E-state index contributed by atoms with van der Waals surface area (Å²) in [5, 5.41) is 1.97. The normalized spacial score (nSPS) is 13.9. The van der Waals surface area contributed by atoms with E-state index in [1.54, 1.807) is 6.20 Å². The molecule has 0 saturated heterocycles. The zero-order valence-electron chi connectivity index (χ0n) is 19.7. The van der Waals surface area contributed by atoms with E-state index in [2.05, 4.69) is 21.5 Å². The molecule has 0 bridgehead atoms. The molecule has 0 aliphatic carbocycles. The second kappa shape index (κ2) is 6.42. The lowest BCUT2D eigenvalue weighted by Crippen LogP contribution is -2.09. The number of fused-ring (bicyclic) bond motifs is 7. The van der Waals surface area contributed by atoms with Gasteiger partial charge in [0, 0.05) is 31.5 Å². The fraction of sp³-hybridized carbons (Fsp3) is 0.185. The summed E-state index contributed by atoms with van der Waals surface area (Å²) in [6, 6.07) is 19.8. The highest BCUT2D eigenvalue weighted by Gasteiger charge is 2.18. The zero-order chi connectivity index (χ0) is 23.0. The second-order valence-electron chi connectivity index (χ2n) is 8.94. The average Bonchev–Trinajstić information content (AvgIpc) is 3.36. The molecule has 0 saturated carbocycles. The van der Waals surface area contributed by atoms with Crippen molar-refractivity contribution in [1.29, 1.82) is 0 Å². The maximum atomic E-state index is 8.53. The van der Waals surface area contributed by atoms with Crippen LogP contribution in [0.1, 0.15) is 29.1 Å². The van der Waals surface area contributed by atoms with Crippen molar-refractivity contribution >= 4 is 38.6 Å². The first kappa shape index (κ1) is 16.1. The fourth-order valence-electron chi connectivity index (χ4n) is 4.28. The average molecular weight is 408 g/mol. The van der Waals surface area contributed by atoms with E-state index in [1.165, 1.54) is 0 Å². The highest BCUT2D eigenvalue weighted by atomic mass is 16.3. The minimum atomic E-state index is -1.48. The van der Waals surface area contributed by atoms with Gasteiger partial charge >= 0.3 is 0 Å². The van der Waals surface area contributed by atoms with Crippen molar-refractivity contribution in [2.24, 2.45) is 5.41 Å². The molecule has 0 N–H and O–H groups in total. The van der Waals surface area contributed by atoms with E-state index < -0.39 is 11.8 Å². The van der Waals surface area contributed by atoms with Gasteiger partial charge in [0.2, 0.25) is 0 Å². The van der Waals surface area contributed by atoms with Crippen LogP contribution >= 0.6 is 0 Å². The van der Waals surface area contributed by atoms with Gasteiger partial charge in [-0.05, 0) is 47.7 Å². The molecule has 0 fully saturated rings. The molecule has 6 rings (SSSR count). The lowest BCUT2D eigenvalue weighted by molar-refractivity contribution is 0.411. The maximum absolute atomic E-state index is 8.53. The largest absolute Gasteiger partial charge is 0.452 e. The van der Waals surface area contributed by atoms with E-state index in [4.69, 9.17) is 12.1 Å². The summed E-state index contributed by atoms with van der Waals surface area (Å²) in [6.45, 7) is 5.71. The number of hydrogen-bond acceptors (Lipinski definition) is 3. The topological polar surface area (TPSA) is 43.3 Å². The van der Waals surface area contributed by atoms with Crippen molar-refractivity contribution in [1.82, 2.24) is 14.4 Å². The van der Waals surface area contributed by atoms with Gasteiger partial charge < -0.3 is 4.42 Å². The van der Waals surface area contributed by atoms with E-state index in [1.807, 2.05) is 75.5 Å². The molecule has 2 aromatic carbocycles. The Hall–Kier alpha value is -3.66. The Balaban J connectivity index is 1.56. The molecule has 0 atom stereocenters. The van der Waals surface area contributed by atoms with E-state index in [0.717, 1.165) is 49.9 Å². The van der Waals surface area contributed by atoms with Crippen LogP contribution in [0.2, 0.25) is 0 Å². The summed E-state index contributed by atoms with van der Waals surface area (Å²) in [6.07, 6.45) is 2.20. The Morgan fingerprint density at radius 1 is 1.00 bits per heavy atom. The Morgan fingerprint density at radius 2 is 1.87 bits per heavy atom. The lowest BCUT2D eigenvalue weighted by atomic mass is 9.88. The molecule has 152 valence electrons. The van der Waals surface area contributed by atoms with Crippen molar-refractivity contribution in [2.45, 2.75) is 27.1 Å². The van der Waals surface area contributed by atoms with Crippen LogP contribution in [0.4, 0.5) is 0 Å². The van der Waals surface area contributed by atoms with Crippen LogP contribution in [0, 0.1) is 5.41 Å². The van der Waals surface area contributed by atoms with Crippen LogP contribution in [0.15, 0.2) is 77.5 Å². The number of furan rings is 1. The maximum Gasteiger partial charge on any atom is 0.182 e. The molecule has 31 heavy (non-hydrogen) atoms. The third-order valence-electron chi connectivity index (χ3n) is 5.50. The Kier molecular flexibility index (Phi) is 3.33. The Labute approximate surface area is 183 Å². The summed E-state index contributed by atoms with van der Waals surface area (Å²) >= 11 is 0. The molecule has 0 spiro atoms. The molecular formula is C27H23N3O. The van der Waals surface area contributed by atoms with Gasteiger partial charge in [0.15, 0.2) is 11.2 Å². The Morgan fingerprint density at radius 3 is 2.68 bits per heavy atom. The molecule has 0 aliphatic rings. The quantitative estimate of drug-likeness (QED) is 0.309. The number of rotatable bonds is 2. The Bertz CT molecular complexity index is 1670. The summed E-state index contributed by atoms with van der Waals surface area (Å²) in [5.74, 6) is 0. The van der Waals surface area contributed by atoms with Crippen LogP contribution in [-0.2, 0) is 6.37 Å². The van der Waals surface area contributed by atoms with Crippen LogP contribution in [0.5, 0.6) is 0 Å². The second-order valence-corrected chi connectivity index (χ2v) is 8.94. The van der Waals surface area contributed by atoms with Gasteiger partial charge in [0.05, 0.1) is 16.7 Å². The van der Waals surface area contributed by atoms with Crippen LogP contribution in [-0.4, -0.2) is 14.4 Å². The summed E-state index contributed by atoms with van der Waals surface area (Å²) < 4.78 is 25.4. The minimum Gasteiger partial charge on any atom is -0.452 e. The molecule has 0 amide bonds. The number of hydrogen-bond donors (Lipinski definition) is 0. The van der Waals surface area contributed by atoms with Gasteiger partial charge in [0.1, 0.15) is 5.58 Å². The predicted octanol–water partition coefficient (Wildman–Crippen LogP) is 7.04. The van der Waals surface area contributed by atoms with Crippen LogP contribution in [0.25, 0.3) is 49.9 Å². The standard InChI is InChI=1S/C27H23N3O/c1-27(2,3)15-17-11-12-20(28-16-17)18-7-6-10-23-24(18)19-13-14-30-22-9-5-4-8-21(22)29-26(30)25(19)31-23/h4-14,16H,15H2,1-3H3/i15D2. The smallest absolute Gasteiger partial charge is 0.182 e. The molecule has 4 aromatic heterocycles. The SMILES string of the molecule is [2H]C([2H])(c1ccc(-c2cccc3oc4c(ccn5c6ccccc6nc45)c23)nc1)C(C)(C)C. The van der Waals surface area contributed by atoms with Gasteiger partial charge in [-0.3, -0.25) is 9.38 Å². The van der Waals surface area contributed by atoms with E-state index in [9.17, 15) is 0 Å². The summed E-state index contributed by atoms with van der Waals surface area (Å²) in [5.41, 5.74) is 6.06. The number of aromatic nitrogens is 3. The number of pyridine rings is 2. The molecular weight excluding hydrogens is 382 g/mol. The minimum absolute atomic E-state index is 0.532. The van der Waals surface area contributed by atoms with Crippen molar-refractivity contribution in [3.63, 3.8) is 0 Å². The first-order valence-corrected chi connectivity index (χ1v) is 10.4. The summed E-state index contributed by atoms with van der Waals surface area (Å²) in [4.78, 5) is 9.47. The van der Waals surface area contributed by atoms with Gasteiger partial charge in [-0.25, -0.2) is 4.98 Å². The molecule has 4 nitrogen and oxygen atoms in total. The third-order valence-corrected chi connectivity index (χ3v) is 5.50. The van der Waals surface area contributed by atoms with Crippen molar-refractivity contribution in [3.8, 4) is 11.3 Å². The monoisotopic (exact) mass is 407 g/mol. The van der Waals surface area contributed by atoms with Crippen LogP contribution in [0.3, 0.4) is 0 Å². The highest BCUT2D eigenvalue weighted by Crippen LogP contribution is 2.38. The van der Waals surface area contributed by atoms with E-state index in [0.29, 0.717) is 5.56 Å². The number of benzene rings is 2. The third kappa shape index (κ3) is 2.90. The van der Waals surface area contributed by atoms with Crippen molar-refractivity contribution < 1.29 is 7.16 Å². The molecule has 0 aliphatic heterocycles. The molecule has 0 unspecified atom stereocenters. The number of imidazole rings is 1. The van der Waals surface area contributed by atoms with Gasteiger partial charge in [-0.2, -0.15) is 0 Å². The summed E-state index contributed by atoms with van der Waals surface area (Å²) in [7, 11) is 0. The number of para-hydroxylation sites is 2. The van der Waals surface area contributed by atoms with Gasteiger partial charge in [-0.1, -0.05) is 51.1 Å². The molecule has 4 heterocycles. The highest BCUT2D eigenvalue weighted by molar-refractivity contribution is 6.15. The number of nitrogens with zero attached hydrogens (tertiary/aromatic N) is 3. The fourth-order valence-corrected chi connectivity index (χ4v) is 4.28. The molecule has 0 radical (unpaired) electrons. The van der Waals surface area contributed by atoms with Crippen molar-refractivity contribution in [2.75, 3.05) is 0 Å². The predicted molar refractivity (Wildman–Crippen MR) is 126 cm³/mol. The first-order valence-electron chi connectivity index (χ1n) is 11.4.